The zero-order valence-corrected chi connectivity index (χ0v) is 15.5. The molecule has 1 fully saturated rings. The number of non-ortho nitro benzene ring substituents is 1. The van der Waals surface area contributed by atoms with Crippen molar-refractivity contribution in [1.82, 2.24) is 4.90 Å². The summed E-state index contributed by atoms with van der Waals surface area (Å²) in [4.78, 5) is 39.1. The van der Waals surface area contributed by atoms with Gasteiger partial charge in [-0.25, -0.2) is 0 Å². The van der Waals surface area contributed by atoms with Crippen LogP contribution >= 0.6 is 0 Å². The molecule has 2 aromatic rings. The van der Waals surface area contributed by atoms with Crippen molar-refractivity contribution in [3.05, 3.63) is 69.3 Å². The maximum atomic E-state index is 12.9. The molecule has 0 radical (unpaired) electrons. The van der Waals surface area contributed by atoms with Gasteiger partial charge in [0.1, 0.15) is 6.04 Å². The van der Waals surface area contributed by atoms with Crippen LogP contribution in [0.2, 0.25) is 0 Å². The van der Waals surface area contributed by atoms with E-state index in [1.807, 2.05) is 32.0 Å². The van der Waals surface area contributed by atoms with E-state index in [1.54, 1.807) is 11.8 Å². The lowest BCUT2D eigenvalue weighted by atomic mass is 10.1. The van der Waals surface area contributed by atoms with E-state index in [0.717, 1.165) is 16.8 Å². The van der Waals surface area contributed by atoms with Crippen molar-refractivity contribution in [3.8, 4) is 0 Å². The van der Waals surface area contributed by atoms with E-state index in [2.05, 4.69) is 0 Å². The molecule has 2 amide bonds. The molecule has 0 spiro atoms. The first kappa shape index (κ1) is 18.6. The molecule has 1 atom stereocenters. The Bertz CT molecular complexity index is 908. The minimum absolute atomic E-state index is 0.0739. The summed E-state index contributed by atoms with van der Waals surface area (Å²) >= 11 is 0. The highest BCUT2D eigenvalue weighted by atomic mass is 16.6. The first-order valence-electron chi connectivity index (χ1n) is 8.73. The second-order valence-electron chi connectivity index (χ2n) is 6.74. The van der Waals surface area contributed by atoms with Gasteiger partial charge in [0.25, 0.3) is 11.6 Å². The van der Waals surface area contributed by atoms with E-state index in [9.17, 15) is 19.7 Å². The van der Waals surface area contributed by atoms with Gasteiger partial charge in [0.05, 0.1) is 4.92 Å². The largest absolute Gasteiger partial charge is 0.325 e. The predicted molar refractivity (Wildman–Crippen MR) is 102 cm³/mol. The van der Waals surface area contributed by atoms with Crippen molar-refractivity contribution in [1.29, 1.82) is 0 Å². The number of amides is 2. The average molecular weight is 367 g/mol. The Balaban J connectivity index is 1.78. The van der Waals surface area contributed by atoms with Crippen LogP contribution in [0.15, 0.2) is 42.5 Å². The van der Waals surface area contributed by atoms with E-state index < -0.39 is 11.0 Å². The van der Waals surface area contributed by atoms with Gasteiger partial charge in [-0.05, 0) is 56.2 Å². The summed E-state index contributed by atoms with van der Waals surface area (Å²) in [5.74, 6) is -0.440. The number of anilines is 1. The first-order chi connectivity index (χ1) is 12.8. The van der Waals surface area contributed by atoms with Gasteiger partial charge in [-0.15, -0.1) is 0 Å². The summed E-state index contributed by atoms with van der Waals surface area (Å²) in [6.45, 7) is 6.53. The van der Waals surface area contributed by atoms with Crippen molar-refractivity contribution in [2.24, 2.45) is 0 Å². The molecule has 7 heteroatoms. The molecule has 0 bridgehead atoms. The van der Waals surface area contributed by atoms with Gasteiger partial charge in [-0.3, -0.25) is 19.7 Å². The van der Waals surface area contributed by atoms with Crippen LogP contribution in [-0.4, -0.2) is 40.8 Å². The van der Waals surface area contributed by atoms with E-state index in [0.29, 0.717) is 18.7 Å². The zero-order chi connectivity index (χ0) is 19.7. The number of nitro benzene ring substituents is 1. The molecule has 0 saturated carbocycles. The molecule has 3 rings (SSSR count). The molecule has 0 aliphatic carbocycles. The van der Waals surface area contributed by atoms with Crippen LogP contribution in [0.25, 0.3) is 0 Å². The van der Waals surface area contributed by atoms with Gasteiger partial charge in [-0.2, -0.15) is 0 Å². The van der Waals surface area contributed by atoms with Crippen LogP contribution in [-0.2, 0) is 4.79 Å². The molecular weight excluding hydrogens is 346 g/mol. The molecule has 27 heavy (non-hydrogen) atoms. The van der Waals surface area contributed by atoms with Crippen molar-refractivity contribution < 1.29 is 14.5 Å². The highest BCUT2D eigenvalue weighted by Gasteiger charge is 2.35. The number of rotatable bonds is 3. The molecule has 0 N–H and O–H groups in total. The Morgan fingerprint density at radius 1 is 1.07 bits per heavy atom. The second kappa shape index (κ2) is 7.19. The van der Waals surface area contributed by atoms with E-state index in [1.165, 1.54) is 29.2 Å². The topological polar surface area (TPSA) is 83.8 Å². The van der Waals surface area contributed by atoms with E-state index >= 15 is 0 Å². The number of aryl methyl sites for hydroxylation is 2. The fourth-order valence-electron chi connectivity index (χ4n) is 3.19. The third-order valence-electron chi connectivity index (χ3n) is 5.04. The molecule has 2 aromatic carbocycles. The van der Waals surface area contributed by atoms with Crippen molar-refractivity contribution in [2.75, 3.05) is 18.0 Å². The first-order valence-corrected chi connectivity index (χ1v) is 8.73. The fourth-order valence-corrected chi connectivity index (χ4v) is 3.19. The number of benzene rings is 2. The lowest BCUT2D eigenvalue weighted by Gasteiger charge is -2.39. The van der Waals surface area contributed by atoms with Crippen molar-refractivity contribution in [3.63, 3.8) is 0 Å². The number of hydrogen-bond acceptors (Lipinski definition) is 4. The third kappa shape index (κ3) is 3.53. The number of hydrogen-bond donors (Lipinski definition) is 0. The standard InChI is InChI=1S/C20H21N3O4/c1-13-4-7-18(12-14(13)2)22-11-10-21(15(3)19(22)24)20(25)16-5-8-17(9-6-16)23(26)27/h4-9,12,15H,10-11H2,1-3H3. The summed E-state index contributed by atoms with van der Waals surface area (Å²) in [7, 11) is 0. The Morgan fingerprint density at radius 2 is 1.74 bits per heavy atom. The monoisotopic (exact) mass is 367 g/mol. The number of nitro groups is 1. The number of carbonyl (C=O) groups excluding carboxylic acids is 2. The quantitative estimate of drug-likeness (QED) is 0.616. The number of piperazine rings is 1. The van der Waals surface area contributed by atoms with Crippen LogP contribution < -0.4 is 4.90 Å². The minimum atomic E-state index is -0.608. The van der Waals surface area contributed by atoms with Crippen molar-refractivity contribution in [2.45, 2.75) is 26.8 Å². The summed E-state index contributed by atoms with van der Waals surface area (Å²) in [5.41, 5.74) is 3.36. The highest BCUT2D eigenvalue weighted by molar-refractivity contribution is 6.03. The SMILES string of the molecule is Cc1ccc(N2CCN(C(=O)c3ccc([N+](=O)[O-])cc3)C(C)C2=O)cc1C. The number of carbonyl (C=O) groups is 2. The summed E-state index contributed by atoms with van der Waals surface area (Å²) in [6, 6.07) is 10.7. The lowest BCUT2D eigenvalue weighted by molar-refractivity contribution is -0.384. The Hall–Kier alpha value is -3.22. The molecule has 0 aromatic heterocycles. The normalized spacial score (nSPS) is 17.1. The molecule has 1 unspecified atom stereocenters. The van der Waals surface area contributed by atoms with Gasteiger partial charge < -0.3 is 9.80 Å². The Kier molecular flexibility index (Phi) is 4.94. The molecule has 1 aliphatic rings. The number of nitrogens with zero attached hydrogens (tertiary/aromatic N) is 3. The summed E-state index contributed by atoms with van der Waals surface area (Å²) in [6.07, 6.45) is 0. The summed E-state index contributed by atoms with van der Waals surface area (Å²) < 4.78 is 0. The minimum Gasteiger partial charge on any atom is -0.325 e. The van der Waals surface area contributed by atoms with E-state index in [-0.39, 0.29) is 17.5 Å². The molecule has 140 valence electrons. The molecule has 1 aliphatic heterocycles. The molecule has 1 heterocycles. The van der Waals surface area contributed by atoms with Gasteiger partial charge in [0.15, 0.2) is 0 Å². The van der Waals surface area contributed by atoms with E-state index in [4.69, 9.17) is 0 Å². The van der Waals surface area contributed by atoms with Gasteiger partial charge >= 0.3 is 0 Å². The third-order valence-corrected chi connectivity index (χ3v) is 5.04. The average Bonchev–Trinajstić information content (AvgIpc) is 2.66. The molecular formula is C20H21N3O4. The van der Waals surface area contributed by atoms with Gasteiger partial charge in [-0.1, -0.05) is 6.07 Å². The van der Waals surface area contributed by atoms with Crippen LogP contribution in [0, 0.1) is 24.0 Å². The molecule has 7 nitrogen and oxygen atoms in total. The maximum absolute atomic E-state index is 12.9. The maximum Gasteiger partial charge on any atom is 0.269 e. The Labute approximate surface area is 157 Å². The van der Waals surface area contributed by atoms with Crippen molar-refractivity contribution >= 4 is 23.2 Å². The smallest absolute Gasteiger partial charge is 0.269 e. The van der Waals surface area contributed by atoms with Crippen LogP contribution in [0.4, 0.5) is 11.4 Å². The van der Waals surface area contributed by atoms with Crippen LogP contribution in [0.3, 0.4) is 0 Å². The fraction of sp³-hybridized carbons (Fsp3) is 0.300. The lowest BCUT2D eigenvalue weighted by Crippen LogP contribution is -2.57. The van der Waals surface area contributed by atoms with Gasteiger partial charge in [0.2, 0.25) is 5.91 Å². The van der Waals surface area contributed by atoms with Crippen LogP contribution in [0.1, 0.15) is 28.4 Å². The predicted octanol–water partition coefficient (Wildman–Crippen LogP) is 3.09. The second-order valence-corrected chi connectivity index (χ2v) is 6.74. The highest BCUT2D eigenvalue weighted by Crippen LogP contribution is 2.24. The van der Waals surface area contributed by atoms with Crippen LogP contribution in [0.5, 0.6) is 0 Å². The summed E-state index contributed by atoms with van der Waals surface area (Å²) in [5, 5.41) is 10.8. The zero-order valence-electron chi connectivity index (χ0n) is 15.5. The Morgan fingerprint density at radius 3 is 2.33 bits per heavy atom. The van der Waals surface area contributed by atoms with Gasteiger partial charge in [0, 0.05) is 36.5 Å². The molecule has 1 saturated heterocycles.